The summed E-state index contributed by atoms with van der Waals surface area (Å²) in [6.45, 7) is -0.270. The quantitative estimate of drug-likeness (QED) is 0.222. The van der Waals surface area contributed by atoms with Gasteiger partial charge in [0.05, 0.1) is 0 Å². The summed E-state index contributed by atoms with van der Waals surface area (Å²) in [5, 5.41) is 0. The van der Waals surface area contributed by atoms with E-state index in [1.165, 1.54) is 7.11 Å². The van der Waals surface area contributed by atoms with Crippen LogP contribution in [0.5, 0.6) is 0 Å². The molecule has 4 nitrogen and oxygen atoms in total. The molecule has 0 atom stereocenters. The fourth-order valence-corrected chi connectivity index (χ4v) is 0.280. The second kappa shape index (κ2) is 4.53. The highest BCUT2D eigenvalue weighted by atomic mass is 16.6. The first-order valence-electron chi connectivity index (χ1n) is 2.41. The summed E-state index contributed by atoms with van der Waals surface area (Å²) in [4.78, 5) is 20.5. The molecule has 0 unspecified atom stereocenters. The Morgan fingerprint density at radius 3 is 2.60 bits per heavy atom. The van der Waals surface area contributed by atoms with Crippen molar-refractivity contribution in [2.24, 2.45) is 0 Å². The van der Waals surface area contributed by atoms with Crippen LogP contribution in [-0.4, -0.2) is 25.7 Å². The first kappa shape index (κ1) is 8.66. The van der Waals surface area contributed by atoms with Crippen LogP contribution < -0.4 is 0 Å². The molecule has 0 amide bonds. The van der Waals surface area contributed by atoms with Gasteiger partial charge in [-0.05, 0) is 0 Å². The van der Waals surface area contributed by atoms with Crippen molar-refractivity contribution in [2.45, 2.75) is 0 Å². The Hall–Kier alpha value is -1.34. The van der Waals surface area contributed by atoms with Crippen LogP contribution in [0, 0.1) is 12.3 Å². The molecular weight excluding hydrogens is 136 g/mol. The molecule has 0 heterocycles. The number of carbonyl (C=O) groups is 2. The third kappa shape index (κ3) is 3.64. The summed E-state index contributed by atoms with van der Waals surface area (Å²) in [6.07, 6.45) is 4.60. The number of hydrogen-bond acceptors (Lipinski definition) is 4. The minimum atomic E-state index is -0.998. The number of rotatable bonds is 2. The molecule has 0 bridgehead atoms. The van der Waals surface area contributed by atoms with E-state index in [1.807, 2.05) is 0 Å². The lowest BCUT2D eigenvalue weighted by Crippen LogP contribution is -2.14. The highest BCUT2D eigenvalue weighted by Crippen LogP contribution is 1.79. The Kier molecular flexibility index (Phi) is 3.92. The van der Waals surface area contributed by atoms with Crippen LogP contribution >= 0.6 is 0 Å². The van der Waals surface area contributed by atoms with Crippen LogP contribution in [0.15, 0.2) is 0 Å². The minimum absolute atomic E-state index is 0.270. The van der Waals surface area contributed by atoms with E-state index in [0.717, 1.165) is 0 Å². The summed E-state index contributed by atoms with van der Waals surface area (Å²) in [7, 11) is 1.31. The highest BCUT2D eigenvalue weighted by Gasteiger charge is 2.05. The largest absolute Gasteiger partial charge is 0.391 e. The van der Waals surface area contributed by atoms with Crippen LogP contribution in [0.3, 0.4) is 0 Å². The van der Waals surface area contributed by atoms with Crippen molar-refractivity contribution in [2.75, 3.05) is 13.7 Å². The Balaban J connectivity index is 3.60. The average Bonchev–Trinajstić information content (AvgIpc) is 1.88. The molecule has 0 spiro atoms. The monoisotopic (exact) mass is 142 g/mol. The smallest absolute Gasteiger partial charge is 0.381 e. The number of carbonyl (C=O) groups excluding carboxylic acids is 2. The molecule has 0 aliphatic heterocycles. The summed E-state index contributed by atoms with van der Waals surface area (Å²) in [6, 6.07) is 0. The molecular formula is C6H6O4. The number of hydrogen-bond donors (Lipinski definition) is 0. The molecule has 0 radical (unpaired) electrons. The lowest BCUT2D eigenvalue weighted by molar-refractivity contribution is -0.158. The van der Waals surface area contributed by atoms with Gasteiger partial charge in [-0.3, -0.25) is 0 Å². The molecule has 0 aromatic rings. The van der Waals surface area contributed by atoms with Crippen LogP contribution in [0.1, 0.15) is 0 Å². The van der Waals surface area contributed by atoms with Crippen molar-refractivity contribution in [3.8, 4) is 12.3 Å². The van der Waals surface area contributed by atoms with Gasteiger partial charge in [0, 0.05) is 13.0 Å². The van der Waals surface area contributed by atoms with Crippen LogP contribution in [-0.2, 0) is 19.1 Å². The van der Waals surface area contributed by atoms with Crippen molar-refractivity contribution in [3.05, 3.63) is 0 Å². The zero-order chi connectivity index (χ0) is 7.98. The Morgan fingerprint density at radius 2 is 2.20 bits per heavy atom. The molecule has 54 valence electrons. The molecule has 0 fully saturated rings. The molecule has 0 aliphatic rings. The second-order valence-electron chi connectivity index (χ2n) is 1.34. The molecule has 10 heavy (non-hydrogen) atoms. The Labute approximate surface area is 58.1 Å². The number of terminal acetylenes is 1. The van der Waals surface area contributed by atoms with E-state index < -0.39 is 11.9 Å². The van der Waals surface area contributed by atoms with Crippen molar-refractivity contribution in [3.63, 3.8) is 0 Å². The first-order valence-corrected chi connectivity index (χ1v) is 2.41. The van der Waals surface area contributed by atoms with Crippen molar-refractivity contribution < 1.29 is 19.1 Å². The zero-order valence-electron chi connectivity index (χ0n) is 5.42. The van der Waals surface area contributed by atoms with Gasteiger partial charge in [-0.2, -0.15) is 0 Å². The molecule has 0 N–H and O–H groups in total. The maximum atomic E-state index is 10.3. The van der Waals surface area contributed by atoms with E-state index in [0.29, 0.717) is 0 Å². The minimum Gasteiger partial charge on any atom is -0.381 e. The standard InChI is InChI=1S/C6H6O4/c1-3-5(7)10-6(8)4-9-2/h1H,4H2,2H3. The molecule has 0 saturated carbocycles. The predicted octanol–water partition coefficient (Wildman–Crippen LogP) is -0.664. The van der Waals surface area contributed by atoms with Gasteiger partial charge in [0.2, 0.25) is 0 Å². The maximum absolute atomic E-state index is 10.3. The molecule has 0 aliphatic carbocycles. The van der Waals surface area contributed by atoms with E-state index in [9.17, 15) is 9.59 Å². The lowest BCUT2D eigenvalue weighted by atomic mass is 10.7. The summed E-state index contributed by atoms with van der Waals surface area (Å²) in [5.41, 5.74) is 0. The lowest BCUT2D eigenvalue weighted by Gasteiger charge is -1.94. The van der Waals surface area contributed by atoms with Crippen molar-refractivity contribution >= 4 is 11.9 Å². The normalized spacial score (nSPS) is 8.00. The predicted molar refractivity (Wildman–Crippen MR) is 31.8 cm³/mol. The van der Waals surface area contributed by atoms with Gasteiger partial charge < -0.3 is 9.47 Å². The van der Waals surface area contributed by atoms with Crippen molar-refractivity contribution in [1.82, 2.24) is 0 Å². The molecule has 0 aromatic heterocycles. The van der Waals surface area contributed by atoms with Gasteiger partial charge in [0.25, 0.3) is 0 Å². The zero-order valence-corrected chi connectivity index (χ0v) is 5.42. The van der Waals surface area contributed by atoms with Gasteiger partial charge in [0.15, 0.2) is 0 Å². The second-order valence-corrected chi connectivity index (χ2v) is 1.34. The van der Waals surface area contributed by atoms with Crippen LogP contribution in [0.4, 0.5) is 0 Å². The number of methoxy groups -OCH3 is 1. The average molecular weight is 142 g/mol. The topological polar surface area (TPSA) is 52.6 Å². The fraction of sp³-hybridized carbons (Fsp3) is 0.333. The molecule has 4 heteroatoms. The first-order chi connectivity index (χ1) is 4.70. The van der Waals surface area contributed by atoms with Crippen LogP contribution in [0.2, 0.25) is 0 Å². The molecule has 0 saturated heterocycles. The third-order valence-electron chi connectivity index (χ3n) is 0.587. The van der Waals surface area contributed by atoms with Gasteiger partial charge in [0.1, 0.15) is 6.61 Å². The number of esters is 2. The summed E-state index contributed by atoms with van der Waals surface area (Å²) in [5.74, 6) is -0.168. The van der Waals surface area contributed by atoms with E-state index >= 15 is 0 Å². The van der Waals surface area contributed by atoms with Gasteiger partial charge in [-0.25, -0.2) is 9.59 Å². The van der Waals surface area contributed by atoms with Crippen LogP contribution in [0.25, 0.3) is 0 Å². The third-order valence-corrected chi connectivity index (χ3v) is 0.587. The molecule has 0 aromatic carbocycles. The fourth-order valence-electron chi connectivity index (χ4n) is 0.280. The van der Waals surface area contributed by atoms with E-state index in [2.05, 4.69) is 15.9 Å². The van der Waals surface area contributed by atoms with E-state index in [4.69, 9.17) is 0 Å². The Bertz CT molecular complexity index is 177. The van der Waals surface area contributed by atoms with Gasteiger partial charge in [-0.1, -0.05) is 0 Å². The van der Waals surface area contributed by atoms with Crippen molar-refractivity contribution in [1.29, 1.82) is 0 Å². The summed E-state index contributed by atoms with van der Waals surface area (Å²) < 4.78 is 8.35. The Morgan fingerprint density at radius 1 is 1.60 bits per heavy atom. The number of ether oxygens (including phenoxy) is 2. The summed E-state index contributed by atoms with van der Waals surface area (Å²) >= 11 is 0. The van der Waals surface area contributed by atoms with E-state index in [1.54, 1.807) is 5.92 Å². The molecule has 0 rings (SSSR count). The van der Waals surface area contributed by atoms with Gasteiger partial charge >= 0.3 is 11.9 Å². The maximum Gasteiger partial charge on any atom is 0.391 e. The highest BCUT2D eigenvalue weighted by molar-refractivity contribution is 5.96. The SMILES string of the molecule is C#CC(=O)OC(=O)COC. The van der Waals surface area contributed by atoms with E-state index in [-0.39, 0.29) is 6.61 Å². The van der Waals surface area contributed by atoms with Gasteiger partial charge in [-0.15, -0.1) is 6.42 Å².